The predicted octanol–water partition coefficient (Wildman–Crippen LogP) is 3.52. The molecule has 20 heavy (non-hydrogen) atoms. The van der Waals surface area contributed by atoms with Crippen LogP contribution >= 0.6 is 0 Å². The molecule has 0 saturated heterocycles. The molecular formula is C16H29N3O. The van der Waals surface area contributed by atoms with Crippen LogP contribution in [0.3, 0.4) is 0 Å². The van der Waals surface area contributed by atoms with E-state index >= 15 is 0 Å². The average molecular weight is 279 g/mol. The van der Waals surface area contributed by atoms with E-state index in [9.17, 15) is 0 Å². The average Bonchev–Trinajstić information content (AvgIpc) is 2.36. The zero-order valence-electron chi connectivity index (χ0n) is 13.7. The third kappa shape index (κ3) is 5.45. The maximum absolute atomic E-state index is 6.02. The van der Waals surface area contributed by atoms with Crippen LogP contribution in [0.1, 0.15) is 65.4 Å². The molecule has 0 aliphatic heterocycles. The van der Waals surface area contributed by atoms with E-state index in [0.717, 1.165) is 36.8 Å². The summed E-state index contributed by atoms with van der Waals surface area (Å²) in [6.45, 7) is 14.5. The van der Waals surface area contributed by atoms with E-state index in [0.29, 0.717) is 11.8 Å². The van der Waals surface area contributed by atoms with Gasteiger partial charge in [0.15, 0.2) is 5.75 Å². The molecule has 4 heteroatoms. The Morgan fingerprint density at radius 3 is 2.45 bits per heavy atom. The number of hydrogen-bond donors (Lipinski definition) is 1. The molecule has 1 heterocycles. The van der Waals surface area contributed by atoms with E-state index in [2.05, 4.69) is 56.8 Å². The van der Waals surface area contributed by atoms with Gasteiger partial charge in [-0.2, -0.15) is 0 Å². The van der Waals surface area contributed by atoms with Crippen molar-refractivity contribution >= 4 is 0 Å². The van der Waals surface area contributed by atoms with Crippen LogP contribution in [-0.2, 0) is 6.54 Å². The molecule has 1 aromatic heterocycles. The molecule has 0 fully saturated rings. The lowest BCUT2D eigenvalue weighted by molar-refractivity contribution is 0.189. The van der Waals surface area contributed by atoms with Crippen LogP contribution in [0.4, 0.5) is 0 Å². The van der Waals surface area contributed by atoms with Crippen molar-refractivity contribution in [2.75, 3.05) is 6.54 Å². The largest absolute Gasteiger partial charge is 0.487 e. The SMILES string of the molecule is CCNCc1nc(C(C)C)ncc1OC(C)CC(C)C. The molecular weight excluding hydrogens is 250 g/mol. The summed E-state index contributed by atoms with van der Waals surface area (Å²) in [7, 11) is 0. The Kier molecular flexibility index (Phi) is 6.93. The standard InChI is InChI=1S/C16H29N3O/c1-7-17-9-14-15(20-13(6)8-11(2)3)10-18-16(19-14)12(4)5/h10-13,17H,7-9H2,1-6H3. The van der Waals surface area contributed by atoms with Gasteiger partial charge in [-0.3, -0.25) is 0 Å². The van der Waals surface area contributed by atoms with E-state index in [4.69, 9.17) is 4.74 Å². The number of nitrogens with one attached hydrogen (secondary N) is 1. The number of ether oxygens (including phenoxy) is 1. The van der Waals surface area contributed by atoms with Crippen molar-refractivity contribution in [1.29, 1.82) is 0 Å². The van der Waals surface area contributed by atoms with Gasteiger partial charge < -0.3 is 10.1 Å². The smallest absolute Gasteiger partial charge is 0.160 e. The number of rotatable bonds is 8. The second-order valence-corrected chi connectivity index (χ2v) is 6.03. The Morgan fingerprint density at radius 1 is 1.20 bits per heavy atom. The summed E-state index contributed by atoms with van der Waals surface area (Å²) in [6, 6.07) is 0. The quantitative estimate of drug-likeness (QED) is 0.791. The van der Waals surface area contributed by atoms with E-state index in [-0.39, 0.29) is 6.10 Å². The molecule has 1 N–H and O–H groups in total. The number of hydrogen-bond acceptors (Lipinski definition) is 4. The molecule has 1 rings (SSSR count). The van der Waals surface area contributed by atoms with Gasteiger partial charge in [0.25, 0.3) is 0 Å². The maximum atomic E-state index is 6.02. The lowest BCUT2D eigenvalue weighted by atomic mass is 10.1. The molecule has 1 aromatic rings. The fourth-order valence-corrected chi connectivity index (χ4v) is 2.10. The highest BCUT2D eigenvalue weighted by Crippen LogP contribution is 2.21. The molecule has 0 aliphatic carbocycles. The van der Waals surface area contributed by atoms with Gasteiger partial charge in [-0.15, -0.1) is 0 Å². The molecule has 114 valence electrons. The lowest BCUT2D eigenvalue weighted by Crippen LogP contribution is -2.19. The molecule has 0 aromatic carbocycles. The van der Waals surface area contributed by atoms with Crippen LogP contribution in [0.15, 0.2) is 6.20 Å². The summed E-state index contributed by atoms with van der Waals surface area (Å²) in [5.41, 5.74) is 0.959. The van der Waals surface area contributed by atoms with Crippen LogP contribution in [0.5, 0.6) is 5.75 Å². The van der Waals surface area contributed by atoms with Gasteiger partial charge in [-0.05, 0) is 25.8 Å². The summed E-state index contributed by atoms with van der Waals surface area (Å²) in [6.07, 6.45) is 3.04. The van der Waals surface area contributed by atoms with Crippen LogP contribution in [0.2, 0.25) is 0 Å². The van der Waals surface area contributed by atoms with Gasteiger partial charge in [-0.25, -0.2) is 9.97 Å². The molecule has 0 aliphatic rings. The van der Waals surface area contributed by atoms with Crippen molar-refractivity contribution in [2.24, 2.45) is 5.92 Å². The first-order chi connectivity index (χ1) is 9.43. The second kappa shape index (κ2) is 8.20. The van der Waals surface area contributed by atoms with Gasteiger partial charge in [0.1, 0.15) is 5.82 Å². The predicted molar refractivity (Wildman–Crippen MR) is 83.0 cm³/mol. The molecule has 4 nitrogen and oxygen atoms in total. The normalized spacial score (nSPS) is 13.0. The Labute approximate surface area is 123 Å². The monoisotopic (exact) mass is 279 g/mol. The fourth-order valence-electron chi connectivity index (χ4n) is 2.10. The first-order valence-corrected chi connectivity index (χ1v) is 7.67. The summed E-state index contributed by atoms with van der Waals surface area (Å²) in [5.74, 6) is 2.64. The molecule has 0 amide bonds. The minimum atomic E-state index is 0.184. The first kappa shape index (κ1) is 16.9. The minimum absolute atomic E-state index is 0.184. The highest BCUT2D eigenvalue weighted by Gasteiger charge is 2.14. The van der Waals surface area contributed by atoms with Gasteiger partial charge >= 0.3 is 0 Å². The highest BCUT2D eigenvalue weighted by atomic mass is 16.5. The zero-order chi connectivity index (χ0) is 15.1. The van der Waals surface area contributed by atoms with Gasteiger partial charge in [-0.1, -0.05) is 34.6 Å². The van der Waals surface area contributed by atoms with Crippen molar-refractivity contribution in [2.45, 2.75) is 66.5 Å². The zero-order valence-corrected chi connectivity index (χ0v) is 13.7. The van der Waals surface area contributed by atoms with E-state index in [1.165, 1.54) is 0 Å². The molecule has 0 spiro atoms. The Morgan fingerprint density at radius 2 is 1.90 bits per heavy atom. The first-order valence-electron chi connectivity index (χ1n) is 7.67. The van der Waals surface area contributed by atoms with Crippen LogP contribution in [-0.4, -0.2) is 22.6 Å². The maximum Gasteiger partial charge on any atom is 0.160 e. The van der Waals surface area contributed by atoms with Crippen molar-refractivity contribution < 1.29 is 4.74 Å². The van der Waals surface area contributed by atoms with Crippen LogP contribution in [0, 0.1) is 5.92 Å². The van der Waals surface area contributed by atoms with Crippen molar-refractivity contribution in [3.8, 4) is 5.75 Å². The van der Waals surface area contributed by atoms with Crippen molar-refractivity contribution in [1.82, 2.24) is 15.3 Å². The minimum Gasteiger partial charge on any atom is -0.487 e. The third-order valence-corrected chi connectivity index (χ3v) is 3.04. The molecule has 1 atom stereocenters. The third-order valence-electron chi connectivity index (χ3n) is 3.04. The summed E-state index contributed by atoms with van der Waals surface area (Å²) >= 11 is 0. The van der Waals surface area contributed by atoms with Crippen LogP contribution in [0.25, 0.3) is 0 Å². The number of nitrogens with zero attached hydrogens (tertiary/aromatic N) is 2. The van der Waals surface area contributed by atoms with Crippen LogP contribution < -0.4 is 10.1 Å². The Bertz CT molecular complexity index is 405. The summed E-state index contributed by atoms with van der Waals surface area (Å²) in [5, 5.41) is 3.31. The number of aromatic nitrogens is 2. The Hall–Kier alpha value is -1.16. The molecule has 0 radical (unpaired) electrons. The van der Waals surface area contributed by atoms with Crippen molar-refractivity contribution in [3.63, 3.8) is 0 Å². The van der Waals surface area contributed by atoms with E-state index in [1.807, 2.05) is 6.20 Å². The van der Waals surface area contributed by atoms with E-state index in [1.54, 1.807) is 0 Å². The molecule has 0 saturated carbocycles. The second-order valence-electron chi connectivity index (χ2n) is 6.03. The fraction of sp³-hybridized carbons (Fsp3) is 0.750. The topological polar surface area (TPSA) is 47.0 Å². The van der Waals surface area contributed by atoms with Gasteiger partial charge in [0.2, 0.25) is 0 Å². The van der Waals surface area contributed by atoms with E-state index < -0.39 is 0 Å². The molecule has 0 bridgehead atoms. The summed E-state index contributed by atoms with van der Waals surface area (Å²) < 4.78 is 6.02. The van der Waals surface area contributed by atoms with Gasteiger partial charge in [0.05, 0.1) is 18.0 Å². The highest BCUT2D eigenvalue weighted by molar-refractivity contribution is 5.25. The van der Waals surface area contributed by atoms with Crippen molar-refractivity contribution in [3.05, 3.63) is 17.7 Å². The van der Waals surface area contributed by atoms with Gasteiger partial charge in [0, 0.05) is 12.5 Å². The Balaban J connectivity index is 2.87. The summed E-state index contributed by atoms with van der Waals surface area (Å²) in [4.78, 5) is 9.06. The molecule has 1 unspecified atom stereocenters. The lowest BCUT2D eigenvalue weighted by Gasteiger charge is -2.19.